The molecule has 0 radical (unpaired) electrons. The molecule has 2 aliphatic rings. The van der Waals surface area contributed by atoms with Gasteiger partial charge in [0.25, 0.3) is 0 Å². The lowest BCUT2D eigenvalue weighted by Crippen LogP contribution is -2.34. The maximum Gasteiger partial charge on any atom is 0.309 e. The fourth-order valence-corrected chi connectivity index (χ4v) is 2.79. The van der Waals surface area contributed by atoms with Gasteiger partial charge in [-0.1, -0.05) is 30.4 Å². The van der Waals surface area contributed by atoms with E-state index in [-0.39, 0.29) is 12.4 Å². The lowest BCUT2D eigenvalue weighted by molar-refractivity contribution is -0.147. The van der Waals surface area contributed by atoms with Crippen molar-refractivity contribution in [3.05, 3.63) is 65.5 Å². The van der Waals surface area contributed by atoms with Crippen molar-refractivity contribution in [2.24, 2.45) is 0 Å². The minimum atomic E-state index is -0.735. The van der Waals surface area contributed by atoms with Crippen LogP contribution in [-0.2, 0) is 19.9 Å². The van der Waals surface area contributed by atoms with Gasteiger partial charge < -0.3 is 14.2 Å². The van der Waals surface area contributed by atoms with Gasteiger partial charge in [-0.25, -0.2) is 0 Å². The molecule has 22 heavy (non-hydrogen) atoms. The lowest BCUT2D eigenvalue weighted by Gasteiger charge is -2.37. The monoisotopic (exact) mass is 298 g/mol. The third-order valence-electron chi connectivity index (χ3n) is 4.04. The second-order valence-corrected chi connectivity index (χ2v) is 5.33. The molecule has 1 aromatic carbocycles. The zero-order chi connectivity index (χ0) is 15.6. The molecule has 4 heteroatoms. The molecule has 1 aliphatic heterocycles. The molecule has 0 spiro atoms. The smallest absolute Gasteiger partial charge is 0.309 e. The lowest BCUT2D eigenvalue weighted by atomic mass is 9.84. The highest BCUT2D eigenvalue weighted by atomic mass is 16.5. The van der Waals surface area contributed by atoms with Crippen LogP contribution in [0.1, 0.15) is 18.4 Å². The van der Waals surface area contributed by atoms with Crippen LogP contribution in [0.15, 0.2) is 59.9 Å². The van der Waals surface area contributed by atoms with Crippen LogP contribution in [0.5, 0.6) is 5.75 Å². The molecule has 0 N–H and O–H groups in total. The van der Waals surface area contributed by atoms with Gasteiger partial charge in [-0.3, -0.25) is 4.79 Å². The van der Waals surface area contributed by atoms with Gasteiger partial charge >= 0.3 is 5.97 Å². The molecule has 0 fully saturated rings. The topological polar surface area (TPSA) is 44.8 Å². The predicted molar refractivity (Wildman–Crippen MR) is 82.3 cm³/mol. The second kappa shape index (κ2) is 5.72. The summed E-state index contributed by atoms with van der Waals surface area (Å²) in [4.78, 5) is 11.9. The summed E-state index contributed by atoms with van der Waals surface area (Å²) in [6, 6.07) is 7.61. The Morgan fingerprint density at radius 3 is 2.73 bits per heavy atom. The van der Waals surface area contributed by atoms with E-state index in [4.69, 9.17) is 14.2 Å². The highest BCUT2D eigenvalue weighted by Crippen LogP contribution is 2.43. The number of rotatable bonds is 4. The van der Waals surface area contributed by atoms with Crippen LogP contribution in [0, 0.1) is 0 Å². The van der Waals surface area contributed by atoms with Gasteiger partial charge in [0.1, 0.15) is 17.1 Å². The molecule has 0 saturated heterocycles. The van der Waals surface area contributed by atoms with E-state index >= 15 is 0 Å². The summed E-state index contributed by atoms with van der Waals surface area (Å²) >= 11 is 0. The number of methoxy groups -OCH3 is 2. The standard InChI is InChI=1S/C18H18O4/c1-20-15-8-6-14(7-9-15)18(12-17(19)21-2)11-10-13-4-3-5-16(13)22-18/h3-10H,11-12H2,1-2H3. The normalized spacial score (nSPS) is 22.3. The number of allylic oxidation sites excluding steroid dienone is 3. The van der Waals surface area contributed by atoms with E-state index in [1.165, 1.54) is 7.11 Å². The van der Waals surface area contributed by atoms with E-state index in [1.54, 1.807) is 7.11 Å². The Hall–Kier alpha value is -2.49. The highest BCUT2D eigenvalue weighted by Gasteiger charge is 2.40. The second-order valence-electron chi connectivity index (χ2n) is 5.33. The number of carbonyl (C=O) groups is 1. The largest absolute Gasteiger partial charge is 0.497 e. The molecule has 1 atom stereocenters. The molecule has 1 aliphatic carbocycles. The number of fused-ring (bicyclic) bond motifs is 1. The number of esters is 1. The van der Waals surface area contributed by atoms with Crippen molar-refractivity contribution in [3.63, 3.8) is 0 Å². The summed E-state index contributed by atoms with van der Waals surface area (Å²) in [6.45, 7) is 0. The summed E-state index contributed by atoms with van der Waals surface area (Å²) in [5.41, 5.74) is 1.26. The Kier molecular flexibility index (Phi) is 3.75. The molecule has 4 nitrogen and oxygen atoms in total. The molecular formula is C18H18O4. The summed E-state index contributed by atoms with van der Waals surface area (Å²) in [5.74, 6) is 1.27. The van der Waals surface area contributed by atoms with E-state index < -0.39 is 5.60 Å². The molecule has 0 saturated carbocycles. The fraction of sp³-hybridized carbons (Fsp3) is 0.278. The van der Waals surface area contributed by atoms with Crippen molar-refractivity contribution in [2.45, 2.75) is 18.4 Å². The minimum Gasteiger partial charge on any atom is -0.497 e. The van der Waals surface area contributed by atoms with E-state index in [0.717, 1.165) is 22.6 Å². The summed E-state index contributed by atoms with van der Waals surface area (Å²) in [6.07, 6.45) is 8.75. The van der Waals surface area contributed by atoms with Gasteiger partial charge in [-0.2, -0.15) is 0 Å². The van der Waals surface area contributed by atoms with Gasteiger partial charge in [0, 0.05) is 12.0 Å². The molecule has 1 unspecified atom stereocenters. The predicted octanol–water partition coefficient (Wildman–Crippen LogP) is 3.25. The number of ether oxygens (including phenoxy) is 3. The van der Waals surface area contributed by atoms with Crippen molar-refractivity contribution in [1.29, 1.82) is 0 Å². The minimum absolute atomic E-state index is 0.164. The van der Waals surface area contributed by atoms with E-state index in [0.29, 0.717) is 6.42 Å². The van der Waals surface area contributed by atoms with Crippen LogP contribution < -0.4 is 4.74 Å². The first-order chi connectivity index (χ1) is 10.7. The Morgan fingerprint density at radius 1 is 1.27 bits per heavy atom. The van der Waals surface area contributed by atoms with Gasteiger partial charge in [0.05, 0.1) is 20.6 Å². The molecular weight excluding hydrogens is 280 g/mol. The summed E-state index contributed by atoms with van der Waals surface area (Å²) in [5, 5.41) is 0. The Balaban J connectivity index is 1.98. The van der Waals surface area contributed by atoms with E-state index in [1.807, 2.05) is 42.5 Å². The molecule has 3 rings (SSSR count). The third kappa shape index (κ3) is 2.52. The van der Waals surface area contributed by atoms with Gasteiger partial charge in [0.2, 0.25) is 0 Å². The summed E-state index contributed by atoms with van der Waals surface area (Å²) in [7, 11) is 3.02. The fourth-order valence-electron chi connectivity index (χ4n) is 2.79. The molecule has 1 aromatic rings. The molecule has 0 bridgehead atoms. The van der Waals surface area contributed by atoms with Crippen molar-refractivity contribution >= 4 is 5.97 Å². The third-order valence-corrected chi connectivity index (χ3v) is 4.04. The Morgan fingerprint density at radius 2 is 2.05 bits per heavy atom. The zero-order valence-corrected chi connectivity index (χ0v) is 12.7. The van der Waals surface area contributed by atoms with Crippen molar-refractivity contribution in [1.82, 2.24) is 0 Å². The van der Waals surface area contributed by atoms with Crippen LogP contribution in [0.25, 0.3) is 0 Å². The average Bonchev–Trinajstić information content (AvgIpc) is 3.02. The first-order valence-corrected chi connectivity index (χ1v) is 7.16. The molecule has 0 amide bonds. The molecule has 1 heterocycles. The number of hydrogen-bond acceptors (Lipinski definition) is 4. The highest BCUT2D eigenvalue weighted by molar-refractivity contribution is 5.71. The van der Waals surface area contributed by atoms with Crippen LogP contribution in [0.3, 0.4) is 0 Å². The van der Waals surface area contributed by atoms with E-state index in [2.05, 4.69) is 6.08 Å². The average molecular weight is 298 g/mol. The first-order valence-electron chi connectivity index (χ1n) is 7.16. The quantitative estimate of drug-likeness (QED) is 0.800. The molecule has 114 valence electrons. The van der Waals surface area contributed by atoms with Crippen LogP contribution in [0.4, 0.5) is 0 Å². The Bertz CT molecular complexity index is 667. The van der Waals surface area contributed by atoms with Gasteiger partial charge in [-0.05, 0) is 23.8 Å². The van der Waals surface area contributed by atoms with Gasteiger partial charge in [-0.15, -0.1) is 0 Å². The van der Waals surface area contributed by atoms with Crippen molar-refractivity contribution in [2.75, 3.05) is 14.2 Å². The number of carbonyl (C=O) groups excluding carboxylic acids is 1. The SMILES string of the molecule is COC(=O)CC1(c2ccc(OC)cc2)CC=C2C=CC=C2O1. The Labute approximate surface area is 129 Å². The first kappa shape index (κ1) is 14.4. The number of hydrogen-bond donors (Lipinski definition) is 0. The van der Waals surface area contributed by atoms with Crippen molar-refractivity contribution in [3.8, 4) is 5.75 Å². The maximum atomic E-state index is 11.9. The molecule has 0 aromatic heterocycles. The summed E-state index contributed by atoms with van der Waals surface area (Å²) < 4.78 is 16.3. The zero-order valence-electron chi connectivity index (χ0n) is 12.7. The van der Waals surface area contributed by atoms with Crippen molar-refractivity contribution < 1.29 is 19.0 Å². The van der Waals surface area contributed by atoms with Crippen LogP contribution >= 0.6 is 0 Å². The van der Waals surface area contributed by atoms with E-state index in [9.17, 15) is 4.79 Å². The number of benzene rings is 1. The van der Waals surface area contributed by atoms with Gasteiger partial charge in [0.15, 0.2) is 0 Å². The maximum absolute atomic E-state index is 11.9. The van der Waals surface area contributed by atoms with Crippen LogP contribution in [-0.4, -0.2) is 20.2 Å². The van der Waals surface area contributed by atoms with Crippen LogP contribution in [0.2, 0.25) is 0 Å².